The second kappa shape index (κ2) is 3.64. The van der Waals surface area contributed by atoms with Gasteiger partial charge in [-0.25, -0.2) is 0 Å². The number of hydrogen-bond donors (Lipinski definition) is 0. The van der Waals surface area contributed by atoms with E-state index >= 15 is 0 Å². The van der Waals surface area contributed by atoms with Gasteiger partial charge >= 0.3 is 0 Å². The van der Waals surface area contributed by atoms with E-state index in [0.29, 0.717) is 16.2 Å². The molecule has 0 nitrogen and oxygen atoms in total. The summed E-state index contributed by atoms with van der Waals surface area (Å²) in [5, 5.41) is 0. The highest BCUT2D eigenvalue weighted by Gasteiger charge is 2.35. The normalized spacial score (nSPS) is 25.1. The molecule has 0 amide bonds. The van der Waals surface area contributed by atoms with E-state index in [1.54, 1.807) is 5.57 Å². The summed E-state index contributed by atoms with van der Waals surface area (Å²) >= 11 is 0. The molecule has 0 aromatic heterocycles. The Hall–Kier alpha value is -0.260. The van der Waals surface area contributed by atoms with E-state index in [4.69, 9.17) is 0 Å². The topological polar surface area (TPSA) is 0 Å². The molecule has 0 heterocycles. The summed E-state index contributed by atoms with van der Waals surface area (Å²) < 4.78 is 0. The van der Waals surface area contributed by atoms with Crippen molar-refractivity contribution in [2.75, 3.05) is 0 Å². The second-order valence-electron chi connectivity index (χ2n) is 8.03. The minimum Gasteiger partial charge on any atom is -0.0799 e. The van der Waals surface area contributed by atoms with E-state index in [9.17, 15) is 0 Å². The van der Waals surface area contributed by atoms with Crippen LogP contribution in [0.3, 0.4) is 0 Å². The highest BCUT2D eigenvalue weighted by atomic mass is 14.4. The number of rotatable bonds is 0. The van der Waals surface area contributed by atoms with Crippen molar-refractivity contribution in [1.82, 2.24) is 0 Å². The molecule has 0 atom stereocenters. The van der Waals surface area contributed by atoms with Crippen LogP contribution in [0.5, 0.6) is 0 Å². The quantitative estimate of drug-likeness (QED) is 0.480. The van der Waals surface area contributed by atoms with Gasteiger partial charge in [-0.05, 0) is 35.5 Å². The van der Waals surface area contributed by atoms with Crippen LogP contribution in [-0.2, 0) is 0 Å². The van der Waals surface area contributed by atoms with Gasteiger partial charge in [0, 0.05) is 0 Å². The van der Waals surface area contributed by atoms with Gasteiger partial charge < -0.3 is 0 Å². The zero-order valence-electron chi connectivity index (χ0n) is 11.7. The lowest BCUT2D eigenvalue weighted by molar-refractivity contribution is 0.152. The van der Waals surface area contributed by atoms with Crippen LogP contribution in [-0.4, -0.2) is 0 Å². The summed E-state index contributed by atoms with van der Waals surface area (Å²) in [5.41, 5.74) is 2.97. The lowest BCUT2D eigenvalue weighted by Crippen LogP contribution is -2.30. The molecule has 1 rings (SSSR count). The largest absolute Gasteiger partial charge is 0.0799 e. The summed E-state index contributed by atoms with van der Waals surface area (Å²) in [5.74, 6) is 0. The molecular formula is C15H28. The first-order valence-electron chi connectivity index (χ1n) is 6.20. The van der Waals surface area contributed by atoms with Crippen LogP contribution in [0.2, 0.25) is 0 Å². The average molecular weight is 208 g/mol. The first-order chi connectivity index (χ1) is 6.49. The molecule has 1 fully saturated rings. The van der Waals surface area contributed by atoms with Crippen molar-refractivity contribution in [3.63, 3.8) is 0 Å². The first-order valence-corrected chi connectivity index (χ1v) is 6.20. The predicted molar refractivity (Wildman–Crippen MR) is 69.0 cm³/mol. The Morgan fingerprint density at radius 1 is 0.933 bits per heavy atom. The molecular weight excluding hydrogens is 180 g/mol. The van der Waals surface area contributed by atoms with Crippen LogP contribution in [0.25, 0.3) is 0 Å². The van der Waals surface area contributed by atoms with Crippen LogP contribution in [0, 0.1) is 16.2 Å². The van der Waals surface area contributed by atoms with Crippen molar-refractivity contribution < 1.29 is 0 Å². The van der Waals surface area contributed by atoms with Crippen LogP contribution < -0.4 is 0 Å². The van der Waals surface area contributed by atoms with Gasteiger partial charge in [0.1, 0.15) is 0 Å². The minimum atomic E-state index is 0.332. The van der Waals surface area contributed by atoms with Gasteiger partial charge in [0.25, 0.3) is 0 Å². The summed E-state index contributed by atoms with van der Waals surface area (Å²) in [6.07, 6.45) is 6.42. The minimum absolute atomic E-state index is 0.332. The Kier molecular flexibility index (Phi) is 3.11. The van der Waals surface area contributed by atoms with Gasteiger partial charge in [-0.3, -0.25) is 0 Å². The molecule has 88 valence electrons. The predicted octanol–water partition coefficient (Wildman–Crippen LogP) is 5.20. The number of allylic oxidation sites excluding steroid dienone is 2. The van der Waals surface area contributed by atoms with E-state index in [1.807, 2.05) is 0 Å². The fourth-order valence-corrected chi connectivity index (χ4v) is 3.43. The SMILES string of the molecule is CC(C)(C)C=C1CC(C)(C)CC(C)(C)C1. The molecule has 0 bridgehead atoms. The Morgan fingerprint density at radius 2 is 1.33 bits per heavy atom. The Labute approximate surface area is 96.2 Å². The highest BCUT2D eigenvalue weighted by Crippen LogP contribution is 2.48. The van der Waals surface area contributed by atoms with Gasteiger partial charge in [0.05, 0.1) is 0 Å². The molecule has 0 saturated heterocycles. The standard InChI is InChI=1S/C15H28/c1-13(2,3)8-12-9-14(4,5)11-15(6,7)10-12/h8H,9-11H2,1-7H3. The third-order valence-electron chi connectivity index (χ3n) is 3.01. The first kappa shape index (κ1) is 12.8. The van der Waals surface area contributed by atoms with Crippen LogP contribution in [0.4, 0.5) is 0 Å². The van der Waals surface area contributed by atoms with E-state index in [1.165, 1.54) is 19.3 Å². The molecule has 15 heavy (non-hydrogen) atoms. The van der Waals surface area contributed by atoms with Crippen molar-refractivity contribution in [3.05, 3.63) is 11.6 Å². The third-order valence-corrected chi connectivity index (χ3v) is 3.01. The van der Waals surface area contributed by atoms with Crippen molar-refractivity contribution in [3.8, 4) is 0 Å². The lowest BCUT2D eigenvalue weighted by Gasteiger charge is -2.42. The Bertz CT molecular complexity index is 240. The molecule has 1 saturated carbocycles. The molecule has 0 aromatic carbocycles. The lowest BCUT2D eigenvalue weighted by atomic mass is 9.63. The molecule has 0 unspecified atom stereocenters. The third kappa shape index (κ3) is 4.40. The van der Waals surface area contributed by atoms with Gasteiger partial charge in [-0.1, -0.05) is 60.1 Å². The maximum atomic E-state index is 2.50. The number of hydrogen-bond acceptors (Lipinski definition) is 0. The van der Waals surface area contributed by atoms with Gasteiger partial charge in [0.15, 0.2) is 0 Å². The second-order valence-corrected chi connectivity index (χ2v) is 8.03. The average Bonchev–Trinajstić information content (AvgIpc) is 1.70. The molecule has 1 aliphatic carbocycles. The molecule has 0 heteroatoms. The van der Waals surface area contributed by atoms with E-state index in [0.717, 1.165) is 0 Å². The smallest absolute Gasteiger partial charge is 0.0200 e. The van der Waals surface area contributed by atoms with Gasteiger partial charge in [-0.2, -0.15) is 0 Å². The molecule has 0 radical (unpaired) electrons. The van der Waals surface area contributed by atoms with E-state index in [2.05, 4.69) is 54.5 Å². The summed E-state index contributed by atoms with van der Waals surface area (Å²) in [6, 6.07) is 0. The highest BCUT2D eigenvalue weighted by molar-refractivity contribution is 5.14. The van der Waals surface area contributed by atoms with Crippen LogP contribution >= 0.6 is 0 Å². The fraction of sp³-hybridized carbons (Fsp3) is 0.867. The van der Waals surface area contributed by atoms with E-state index < -0.39 is 0 Å². The molecule has 0 spiro atoms. The zero-order chi connectivity index (χ0) is 11.9. The zero-order valence-corrected chi connectivity index (χ0v) is 11.7. The molecule has 1 aliphatic rings. The van der Waals surface area contributed by atoms with Crippen LogP contribution in [0.15, 0.2) is 11.6 Å². The Morgan fingerprint density at radius 3 is 1.67 bits per heavy atom. The van der Waals surface area contributed by atoms with Crippen molar-refractivity contribution in [2.24, 2.45) is 16.2 Å². The van der Waals surface area contributed by atoms with Crippen LogP contribution in [0.1, 0.15) is 67.7 Å². The van der Waals surface area contributed by atoms with Gasteiger partial charge in [0.2, 0.25) is 0 Å². The summed E-state index contributed by atoms with van der Waals surface area (Å²) in [6.45, 7) is 16.5. The summed E-state index contributed by atoms with van der Waals surface area (Å²) in [7, 11) is 0. The maximum Gasteiger partial charge on any atom is -0.0200 e. The van der Waals surface area contributed by atoms with Gasteiger partial charge in [-0.15, -0.1) is 0 Å². The molecule has 0 aromatic rings. The van der Waals surface area contributed by atoms with Crippen molar-refractivity contribution in [2.45, 2.75) is 67.7 Å². The Balaban J connectivity index is 2.90. The van der Waals surface area contributed by atoms with Crippen molar-refractivity contribution >= 4 is 0 Å². The fourth-order valence-electron chi connectivity index (χ4n) is 3.43. The molecule has 0 aliphatic heterocycles. The summed E-state index contributed by atoms with van der Waals surface area (Å²) in [4.78, 5) is 0. The molecule has 0 N–H and O–H groups in total. The van der Waals surface area contributed by atoms with E-state index in [-0.39, 0.29) is 0 Å². The van der Waals surface area contributed by atoms with Crippen molar-refractivity contribution in [1.29, 1.82) is 0 Å². The maximum absolute atomic E-state index is 2.50. The monoisotopic (exact) mass is 208 g/mol.